The molecule has 0 saturated carbocycles. The summed E-state index contributed by atoms with van der Waals surface area (Å²) in [5, 5.41) is 12.0. The van der Waals surface area contributed by atoms with Crippen LogP contribution in [0.1, 0.15) is 27.8 Å². The molecule has 0 fully saturated rings. The third-order valence-corrected chi connectivity index (χ3v) is 6.21. The molecule has 0 aliphatic carbocycles. The van der Waals surface area contributed by atoms with Crippen LogP contribution in [-0.2, 0) is 17.8 Å². The summed E-state index contributed by atoms with van der Waals surface area (Å²) in [6.07, 6.45) is 1.64. The van der Waals surface area contributed by atoms with E-state index < -0.39 is 6.10 Å². The van der Waals surface area contributed by atoms with Crippen molar-refractivity contribution < 1.29 is 19.1 Å². The summed E-state index contributed by atoms with van der Waals surface area (Å²) < 4.78 is 13.8. The third kappa shape index (κ3) is 3.87. The highest BCUT2D eigenvalue weighted by Crippen LogP contribution is 2.36. The number of nitrogens with one attached hydrogen (secondary N) is 1. The summed E-state index contributed by atoms with van der Waals surface area (Å²) in [5.74, 6) is 2.08. The molecule has 0 radical (unpaired) electrons. The predicted molar refractivity (Wildman–Crippen MR) is 119 cm³/mol. The molecule has 1 unspecified atom stereocenters. The molecule has 1 atom stereocenters. The van der Waals surface area contributed by atoms with Crippen LogP contribution in [0.5, 0.6) is 11.5 Å². The first-order valence-corrected chi connectivity index (χ1v) is 11.1. The van der Waals surface area contributed by atoms with Crippen molar-refractivity contribution in [2.75, 3.05) is 17.7 Å². The Kier molecular flexibility index (Phi) is 5.40. The standard InChI is InChI=1S/C23H20N4O4S/c1-2-9-27-22(20-12-30-18-5-3-4-6-19(18)31-20)25-26-23(27)32-13-17(28)14-7-8-16-15(10-14)11-21(29)24-16/h2-8,10,20H,1,9,11-13H2,(H,24,29). The Bertz CT molecular complexity index is 1220. The van der Waals surface area contributed by atoms with Crippen LogP contribution in [0.15, 0.2) is 60.3 Å². The van der Waals surface area contributed by atoms with E-state index in [4.69, 9.17) is 9.47 Å². The van der Waals surface area contributed by atoms with Crippen LogP contribution in [0, 0.1) is 0 Å². The third-order valence-electron chi connectivity index (χ3n) is 5.24. The summed E-state index contributed by atoms with van der Waals surface area (Å²) in [7, 11) is 0. The average Bonchev–Trinajstić information content (AvgIpc) is 3.39. The van der Waals surface area contributed by atoms with Gasteiger partial charge in [0.25, 0.3) is 0 Å². The van der Waals surface area contributed by atoms with E-state index in [9.17, 15) is 9.59 Å². The lowest BCUT2D eigenvalue weighted by molar-refractivity contribution is -0.115. The fourth-order valence-corrected chi connectivity index (χ4v) is 4.56. The number of fused-ring (bicyclic) bond motifs is 2. The van der Waals surface area contributed by atoms with Crippen LogP contribution < -0.4 is 14.8 Å². The van der Waals surface area contributed by atoms with Gasteiger partial charge in [-0.15, -0.1) is 16.8 Å². The van der Waals surface area contributed by atoms with Crippen LogP contribution in [-0.4, -0.2) is 38.8 Å². The molecule has 5 rings (SSSR count). The van der Waals surface area contributed by atoms with Crippen molar-refractivity contribution in [1.29, 1.82) is 0 Å². The monoisotopic (exact) mass is 448 g/mol. The highest BCUT2D eigenvalue weighted by molar-refractivity contribution is 7.99. The van der Waals surface area contributed by atoms with Crippen molar-refractivity contribution in [1.82, 2.24) is 14.8 Å². The van der Waals surface area contributed by atoms with E-state index in [2.05, 4.69) is 22.1 Å². The molecule has 9 heteroatoms. The minimum Gasteiger partial charge on any atom is -0.485 e. The van der Waals surface area contributed by atoms with Crippen molar-refractivity contribution in [2.24, 2.45) is 0 Å². The van der Waals surface area contributed by atoms with Crippen molar-refractivity contribution in [3.05, 3.63) is 72.1 Å². The number of ketones is 1. The van der Waals surface area contributed by atoms with E-state index in [0.29, 0.717) is 47.6 Å². The molecule has 3 heterocycles. The number of carbonyl (C=O) groups excluding carboxylic acids is 2. The van der Waals surface area contributed by atoms with Gasteiger partial charge in [-0.3, -0.25) is 14.2 Å². The lowest BCUT2D eigenvalue weighted by Gasteiger charge is -2.26. The van der Waals surface area contributed by atoms with Gasteiger partial charge >= 0.3 is 0 Å². The number of allylic oxidation sites excluding steroid dienone is 1. The SMILES string of the molecule is C=CCn1c(SCC(=O)c2ccc3c(c2)CC(=O)N3)nnc1C1COc2ccccc2O1. The number of ether oxygens (including phenoxy) is 2. The van der Waals surface area contributed by atoms with Crippen LogP contribution in [0.3, 0.4) is 0 Å². The molecule has 32 heavy (non-hydrogen) atoms. The maximum atomic E-state index is 12.8. The first kappa shape index (κ1) is 20.3. The number of hydrogen-bond acceptors (Lipinski definition) is 7. The number of hydrogen-bond donors (Lipinski definition) is 1. The highest BCUT2D eigenvalue weighted by atomic mass is 32.2. The van der Waals surface area contributed by atoms with Gasteiger partial charge in [-0.2, -0.15) is 0 Å². The van der Waals surface area contributed by atoms with Crippen molar-refractivity contribution in [3.63, 3.8) is 0 Å². The molecule has 162 valence electrons. The first-order valence-electron chi connectivity index (χ1n) is 10.1. The summed E-state index contributed by atoms with van der Waals surface area (Å²) in [5.41, 5.74) is 2.19. The number of nitrogens with zero attached hydrogens (tertiary/aromatic N) is 3. The number of anilines is 1. The summed E-state index contributed by atoms with van der Waals surface area (Å²) in [4.78, 5) is 24.3. The Morgan fingerprint density at radius 1 is 1.25 bits per heavy atom. The van der Waals surface area contributed by atoms with Crippen LogP contribution in [0.4, 0.5) is 5.69 Å². The first-order chi connectivity index (χ1) is 15.6. The second-order valence-corrected chi connectivity index (χ2v) is 8.36. The van der Waals surface area contributed by atoms with Gasteiger partial charge in [-0.1, -0.05) is 30.0 Å². The Labute approximate surface area is 188 Å². The van der Waals surface area contributed by atoms with Crippen molar-refractivity contribution in [3.8, 4) is 11.5 Å². The molecule has 0 saturated heterocycles. The largest absolute Gasteiger partial charge is 0.485 e. The predicted octanol–water partition coefficient (Wildman–Crippen LogP) is 3.45. The minimum absolute atomic E-state index is 0.0435. The smallest absolute Gasteiger partial charge is 0.228 e. The van der Waals surface area contributed by atoms with Crippen molar-refractivity contribution >= 4 is 29.1 Å². The van der Waals surface area contributed by atoms with Gasteiger partial charge in [-0.25, -0.2) is 0 Å². The molecule has 2 aromatic carbocycles. The molecule has 2 aliphatic rings. The van der Waals surface area contributed by atoms with E-state index in [0.717, 1.165) is 11.3 Å². The van der Waals surface area contributed by atoms with Crippen LogP contribution >= 0.6 is 11.8 Å². The number of benzene rings is 2. The molecule has 8 nitrogen and oxygen atoms in total. The van der Waals surface area contributed by atoms with E-state index >= 15 is 0 Å². The number of aromatic nitrogens is 3. The normalized spacial score (nSPS) is 16.4. The Morgan fingerprint density at radius 3 is 2.94 bits per heavy atom. The van der Waals surface area contributed by atoms with Gasteiger partial charge < -0.3 is 14.8 Å². The zero-order valence-electron chi connectivity index (χ0n) is 17.1. The minimum atomic E-state index is -0.413. The Morgan fingerprint density at radius 2 is 2.09 bits per heavy atom. The number of rotatable bonds is 7. The van der Waals surface area contributed by atoms with Crippen molar-refractivity contribution in [2.45, 2.75) is 24.2 Å². The topological polar surface area (TPSA) is 95.3 Å². The van der Waals surface area contributed by atoms with Gasteiger partial charge in [0.2, 0.25) is 5.91 Å². The van der Waals surface area contributed by atoms with E-state index in [1.807, 2.05) is 28.8 Å². The number of para-hydroxylation sites is 2. The van der Waals surface area contributed by atoms with Crippen LogP contribution in [0.2, 0.25) is 0 Å². The lowest BCUT2D eigenvalue weighted by Crippen LogP contribution is -2.25. The second-order valence-electron chi connectivity index (χ2n) is 7.41. The molecule has 1 amide bonds. The lowest BCUT2D eigenvalue weighted by atomic mass is 10.1. The summed E-state index contributed by atoms with van der Waals surface area (Å²) in [6.45, 7) is 4.62. The van der Waals surface area contributed by atoms with Gasteiger partial charge in [0.1, 0.15) is 6.61 Å². The fourth-order valence-electron chi connectivity index (χ4n) is 3.71. The number of amides is 1. The molecular formula is C23H20N4O4S. The summed E-state index contributed by atoms with van der Waals surface area (Å²) >= 11 is 1.31. The molecule has 0 spiro atoms. The molecule has 0 bridgehead atoms. The molecule has 1 N–H and O–H groups in total. The zero-order valence-corrected chi connectivity index (χ0v) is 17.9. The highest BCUT2D eigenvalue weighted by Gasteiger charge is 2.28. The van der Waals surface area contributed by atoms with Gasteiger partial charge in [0.05, 0.1) is 12.2 Å². The van der Waals surface area contributed by atoms with E-state index in [1.165, 1.54) is 11.8 Å². The molecule has 3 aromatic rings. The van der Waals surface area contributed by atoms with E-state index in [-0.39, 0.29) is 17.4 Å². The Hall–Kier alpha value is -3.59. The maximum Gasteiger partial charge on any atom is 0.228 e. The number of carbonyl (C=O) groups is 2. The number of thioether (sulfide) groups is 1. The quantitative estimate of drug-likeness (QED) is 0.336. The molecule has 2 aliphatic heterocycles. The molecular weight excluding hydrogens is 428 g/mol. The number of Topliss-reactive ketones (excluding diaryl/α,β-unsaturated/α-hetero) is 1. The van der Waals surface area contributed by atoms with E-state index in [1.54, 1.807) is 24.3 Å². The van der Waals surface area contributed by atoms with Gasteiger partial charge in [-0.05, 0) is 35.9 Å². The summed E-state index contributed by atoms with van der Waals surface area (Å²) in [6, 6.07) is 12.8. The fraction of sp³-hybridized carbons (Fsp3) is 0.217. The second kappa shape index (κ2) is 8.51. The van der Waals surface area contributed by atoms with Crippen LogP contribution in [0.25, 0.3) is 0 Å². The Balaban J connectivity index is 1.31. The molecule has 1 aromatic heterocycles. The maximum absolute atomic E-state index is 12.8. The average molecular weight is 449 g/mol. The van der Waals surface area contributed by atoms with Gasteiger partial charge in [0.15, 0.2) is 34.4 Å². The zero-order chi connectivity index (χ0) is 22.1. The van der Waals surface area contributed by atoms with Gasteiger partial charge in [0, 0.05) is 17.8 Å².